The highest BCUT2D eigenvalue weighted by Crippen LogP contribution is 2.41. The van der Waals surface area contributed by atoms with Gasteiger partial charge in [0, 0.05) is 43.2 Å². The zero-order valence-electron chi connectivity index (χ0n) is 14.2. The van der Waals surface area contributed by atoms with Gasteiger partial charge in [-0.1, -0.05) is 18.2 Å². The van der Waals surface area contributed by atoms with Crippen LogP contribution in [0.2, 0.25) is 0 Å². The maximum absolute atomic E-state index is 13.6. The molecule has 1 aliphatic rings. The average Bonchev–Trinajstić information content (AvgIpc) is 2.99. The van der Waals surface area contributed by atoms with Gasteiger partial charge in [0.25, 0.3) is 6.01 Å². The van der Waals surface area contributed by atoms with E-state index in [1.54, 1.807) is 7.11 Å². The van der Waals surface area contributed by atoms with Crippen molar-refractivity contribution in [3.05, 3.63) is 35.8 Å². The molecule has 2 atom stereocenters. The molecule has 1 saturated heterocycles. The lowest BCUT2D eigenvalue weighted by Gasteiger charge is -2.39. The van der Waals surface area contributed by atoms with Gasteiger partial charge in [-0.3, -0.25) is 0 Å². The summed E-state index contributed by atoms with van der Waals surface area (Å²) in [6.07, 6.45) is 4.34. The highest BCUT2D eigenvalue weighted by Gasteiger charge is 2.40. The van der Waals surface area contributed by atoms with Crippen LogP contribution in [0.1, 0.15) is 37.7 Å². The van der Waals surface area contributed by atoms with E-state index in [2.05, 4.69) is 5.32 Å². The topological polar surface area (TPSA) is 54.6 Å². The fourth-order valence-electron chi connectivity index (χ4n) is 3.83. The monoisotopic (exact) mass is 335 g/mol. The number of unbranched alkanes of at least 4 members (excludes halogenated alkanes) is 1. The molecule has 4 nitrogen and oxygen atoms in total. The third-order valence-corrected chi connectivity index (χ3v) is 5.11. The van der Waals surface area contributed by atoms with Crippen molar-refractivity contribution < 1.29 is 18.7 Å². The van der Waals surface area contributed by atoms with Crippen LogP contribution in [-0.4, -0.2) is 31.9 Å². The fourth-order valence-corrected chi connectivity index (χ4v) is 3.83. The fraction of sp³-hybridized carbons (Fsp3) is 0.579. The molecule has 1 unspecified atom stereocenters. The predicted molar refractivity (Wildman–Crippen MR) is 91.4 cm³/mol. The van der Waals surface area contributed by atoms with Crippen molar-refractivity contribution in [1.82, 2.24) is 5.32 Å². The number of para-hydroxylation sites is 1. The minimum absolute atomic E-state index is 0.0903. The Kier molecular flexibility index (Phi) is 5.54. The highest BCUT2D eigenvalue weighted by atomic mass is 19.1. The first-order valence-corrected chi connectivity index (χ1v) is 8.75. The van der Waals surface area contributed by atoms with E-state index >= 15 is 0 Å². The molecule has 0 bridgehead atoms. The molecule has 24 heavy (non-hydrogen) atoms. The van der Waals surface area contributed by atoms with Gasteiger partial charge in [0.2, 0.25) is 0 Å². The minimum atomic E-state index is -1.02. The largest absolute Gasteiger partial charge is 0.431 e. The third kappa shape index (κ3) is 3.48. The highest BCUT2D eigenvalue weighted by molar-refractivity contribution is 5.81. The number of hydrogen-bond acceptors (Lipinski definition) is 4. The number of methoxy groups -OCH3 is 1. The van der Waals surface area contributed by atoms with Gasteiger partial charge < -0.3 is 19.6 Å². The number of halogens is 1. The summed E-state index contributed by atoms with van der Waals surface area (Å²) in [6, 6.07) is 6.32. The summed E-state index contributed by atoms with van der Waals surface area (Å²) in [5, 5.41) is 15.7. The first kappa shape index (κ1) is 17.4. The van der Waals surface area contributed by atoms with Crippen molar-refractivity contribution in [3.8, 4) is 0 Å². The number of rotatable bonds is 7. The summed E-state index contributed by atoms with van der Waals surface area (Å²) in [5.74, 6) is 0.0903. The Hall–Kier alpha value is -1.43. The standard InChI is InChI=1S/C19H26FNO3/c1-23-11-3-2-9-19(22,15-7-5-10-21-13-15)16-8-4-6-14-12-17(20)24-18(14)16/h4,6,8,12,15,21-22H,2-3,5,7,9-11,13H2,1H3/t15?,19-/m0/s1. The molecule has 1 fully saturated rings. The van der Waals surface area contributed by atoms with Gasteiger partial charge in [-0.25, -0.2) is 0 Å². The molecule has 2 aromatic rings. The van der Waals surface area contributed by atoms with E-state index in [1.807, 2.05) is 18.2 Å². The lowest BCUT2D eigenvalue weighted by molar-refractivity contribution is -0.0429. The van der Waals surface area contributed by atoms with E-state index < -0.39 is 11.6 Å². The number of ether oxygens (including phenoxy) is 1. The Balaban J connectivity index is 1.95. The number of piperidine rings is 1. The third-order valence-electron chi connectivity index (χ3n) is 5.11. The number of hydrogen-bond donors (Lipinski definition) is 2. The number of benzene rings is 1. The van der Waals surface area contributed by atoms with Gasteiger partial charge >= 0.3 is 0 Å². The van der Waals surface area contributed by atoms with Crippen molar-refractivity contribution >= 4 is 11.0 Å². The molecule has 0 radical (unpaired) electrons. The van der Waals surface area contributed by atoms with Crippen LogP contribution < -0.4 is 5.32 Å². The molecule has 0 spiro atoms. The van der Waals surface area contributed by atoms with Gasteiger partial charge in [-0.2, -0.15) is 4.39 Å². The van der Waals surface area contributed by atoms with E-state index in [0.717, 1.165) is 38.8 Å². The van der Waals surface area contributed by atoms with E-state index in [-0.39, 0.29) is 5.92 Å². The maximum atomic E-state index is 13.6. The van der Waals surface area contributed by atoms with Crippen LogP contribution in [0.3, 0.4) is 0 Å². The molecular weight excluding hydrogens is 309 g/mol. The van der Waals surface area contributed by atoms with Gasteiger partial charge in [-0.05, 0) is 38.6 Å². The average molecular weight is 335 g/mol. The van der Waals surface area contributed by atoms with Crippen LogP contribution >= 0.6 is 0 Å². The Morgan fingerprint density at radius 1 is 1.42 bits per heavy atom. The molecule has 0 saturated carbocycles. The zero-order valence-corrected chi connectivity index (χ0v) is 14.2. The van der Waals surface area contributed by atoms with Crippen LogP contribution in [0.4, 0.5) is 4.39 Å². The van der Waals surface area contributed by atoms with Crippen molar-refractivity contribution in [2.45, 2.75) is 37.7 Å². The summed E-state index contributed by atoms with van der Waals surface area (Å²) in [4.78, 5) is 0. The van der Waals surface area contributed by atoms with Gasteiger partial charge in [-0.15, -0.1) is 0 Å². The smallest absolute Gasteiger partial charge is 0.278 e. The first-order chi connectivity index (χ1) is 11.6. The van der Waals surface area contributed by atoms with Gasteiger partial charge in [0.05, 0.1) is 5.60 Å². The summed E-state index contributed by atoms with van der Waals surface area (Å²) in [7, 11) is 1.68. The van der Waals surface area contributed by atoms with Gasteiger partial charge in [0.1, 0.15) is 5.58 Å². The summed E-state index contributed by atoms with van der Waals surface area (Å²) in [5.41, 5.74) is 0.148. The summed E-state index contributed by atoms with van der Waals surface area (Å²) in [6.45, 7) is 2.43. The van der Waals surface area contributed by atoms with Crippen molar-refractivity contribution in [1.29, 1.82) is 0 Å². The van der Waals surface area contributed by atoms with Crippen LogP contribution in [0, 0.1) is 11.9 Å². The second-order valence-corrected chi connectivity index (χ2v) is 6.69. The van der Waals surface area contributed by atoms with E-state index in [0.29, 0.717) is 29.6 Å². The Morgan fingerprint density at radius 3 is 3.04 bits per heavy atom. The molecule has 0 aliphatic carbocycles. The lowest BCUT2D eigenvalue weighted by Crippen LogP contribution is -2.44. The predicted octanol–water partition coefficient (Wildman–Crippen LogP) is 3.58. The molecule has 3 rings (SSSR count). The van der Waals surface area contributed by atoms with Crippen molar-refractivity contribution in [2.75, 3.05) is 26.8 Å². The first-order valence-electron chi connectivity index (χ1n) is 8.75. The molecule has 1 aromatic carbocycles. The molecule has 1 aliphatic heterocycles. The molecular formula is C19H26FNO3. The van der Waals surface area contributed by atoms with E-state index in [4.69, 9.17) is 9.15 Å². The van der Waals surface area contributed by atoms with Crippen LogP contribution in [0.5, 0.6) is 0 Å². The van der Waals surface area contributed by atoms with Crippen LogP contribution in [0.15, 0.2) is 28.7 Å². The normalized spacial score (nSPS) is 21.0. The zero-order chi connectivity index (χ0) is 17.0. The minimum Gasteiger partial charge on any atom is -0.431 e. The molecule has 0 amide bonds. The quantitative estimate of drug-likeness (QED) is 0.760. The van der Waals surface area contributed by atoms with E-state index in [1.165, 1.54) is 6.07 Å². The van der Waals surface area contributed by atoms with Crippen molar-refractivity contribution in [3.63, 3.8) is 0 Å². The molecule has 1 aromatic heterocycles. The number of furan rings is 1. The number of nitrogens with one attached hydrogen (secondary N) is 1. The number of aliphatic hydroxyl groups is 1. The molecule has 2 N–H and O–H groups in total. The Labute approximate surface area is 142 Å². The Bertz CT molecular complexity index is 666. The Morgan fingerprint density at radius 2 is 2.29 bits per heavy atom. The number of fused-ring (bicyclic) bond motifs is 1. The van der Waals surface area contributed by atoms with Crippen LogP contribution in [-0.2, 0) is 10.3 Å². The van der Waals surface area contributed by atoms with Gasteiger partial charge in [0.15, 0.2) is 0 Å². The molecule has 132 valence electrons. The molecule has 5 heteroatoms. The van der Waals surface area contributed by atoms with Crippen molar-refractivity contribution in [2.24, 2.45) is 5.92 Å². The SMILES string of the molecule is COCCCC[C@@](O)(c1cccc2cc(F)oc12)C1CCCNC1. The lowest BCUT2D eigenvalue weighted by atomic mass is 9.74. The summed E-state index contributed by atoms with van der Waals surface area (Å²) >= 11 is 0. The second-order valence-electron chi connectivity index (χ2n) is 6.69. The van der Waals surface area contributed by atoms with Crippen LogP contribution in [0.25, 0.3) is 11.0 Å². The summed E-state index contributed by atoms with van der Waals surface area (Å²) < 4.78 is 24.0. The maximum Gasteiger partial charge on any atom is 0.278 e. The molecule has 2 heterocycles. The van der Waals surface area contributed by atoms with E-state index in [9.17, 15) is 9.50 Å². The second kappa shape index (κ2) is 7.64.